The van der Waals surface area contributed by atoms with Gasteiger partial charge in [0.25, 0.3) is 0 Å². The SMILES string of the molecule is Cc1ccccc1N1C(=S)N(c2cccc(Br)c2)[C@H]2CS(=O)(=O)C[C@@H]21. The second-order valence-electron chi connectivity index (χ2n) is 6.50. The minimum atomic E-state index is -3.09. The van der Waals surface area contributed by atoms with Crippen LogP contribution in [-0.4, -0.2) is 37.1 Å². The van der Waals surface area contributed by atoms with Crippen molar-refractivity contribution in [2.24, 2.45) is 0 Å². The topological polar surface area (TPSA) is 40.6 Å². The Hall–Kier alpha value is -1.44. The molecule has 4 nitrogen and oxygen atoms in total. The van der Waals surface area contributed by atoms with E-state index >= 15 is 0 Å². The second-order valence-corrected chi connectivity index (χ2v) is 9.94. The van der Waals surface area contributed by atoms with Crippen molar-refractivity contribution < 1.29 is 8.42 Å². The van der Waals surface area contributed by atoms with E-state index in [1.54, 1.807) is 0 Å². The Balaban J connectivity index is 1.84. The van der Waals surface area contributed by atoms with Gasteiger partial charge in [-0.2, -0.15) is 0 Å². The molecular weight excluding hydrogens is 420 g/mol. The van der Waals surface area contributed by atoms with Crippen LogP contribution in [0, 0.1) is 6.92 Å². The van der Waals surface area contributed by atoms with E-state index in [1.165, 1.54) is 0 Å². The third-order valence-corrected chi connectivity index (χ3v) is 7.42. The molecule has 0 N–H and O–H groups in total. The first-order valence-corrected chi connectivity index (χ1v) is 11.0. The van der Waals surface area contributed by atoms with E-state index < -0.39 is 9.84 Å². The molecule has 4 rings (SSSR count). The van der Waals surface area contributed by atoms with E-state index in [1.807, 2.05) is 65.3 Å². The number of nitrogens with zero attached hydrogens (tertiary/aromatic N) is 2. The summed E-state index contributed by atoms with van der Waals surface area (Å²) in [6.45, 7) is 2.03. The molecule has 2 fully saturated rings. The molecule has 2 aliphatic rings. The molecular formula is C18H17BrN2O2S2. The van der Waals surface area contributed by atoms with Crippen molar-refractivity contribution in [3.63, 3.8) is 0 Å². The van der Waals surface area contributed by atoms with Gasteiger partial charge in [0.15, 0.2) is 14.9 Å². The number of benzene rings is 2. The Morgan fingerprint density at radius 2 is 1.72 bits per heavy atom. The molecule has 2 atom stereocenters. The zero-order valence-corrected chi connectivity index (χ0v) is 16.8. The number of fused-ring (bicyclic) bond motifs is 1. The van der Waals surface area contributed by atoms with Crippen LogP contribution in [0.3, 0.4) is 0 Å². The average molecular weight is 437 g/mol. The summed E-state index contributed by atoms with van der Waals surface area (Å²) in [4.78, 5) is 4.03. The van der Waals surface area contributed by atoms with Crippen LogP contribution in [0.4, 0.5) is 11.4 Å². The predicted octanol–water partition coefficient (Wildman–Crippen LogP) is 3.53. The summed E-state index contributed by atoms with van der Waals surface area (Å²) in [6.07, 6.45) is 0. The number of rotatable bonds is 2. The molecule has 0 radical (unpaired) electrons. The summed E-state index contributed by atoms with van der Waals surface area (Å²) < 4.78 is 25.6. The van der Waals surface area contributed by atoms with Crippen molar-refractivity contribution >= 4 is 54.5 Å². The zero-order chi connectivity index (χ0) is 17.8. The molecule has 2 heterocycles. The lowest BCUT2D eigenvalue weighted by atomic mass is 10.1. The molecule has 0 amide bonds. The second kappa shape index (κ2) is 6.07. The van der Waals surface area contributed by atoms with E-state index in [2.05, 4.69) is 15.9 Å². The van der Waals surface area contributed by atoms with Gasteiger partial charge in [-0.25, -0.2) is 8.42 Å². The lowest BCUT2D eigenvalue weighted by Gasteiger charge is -2.27. The molecule has 0 aromatic heterocycles. The molecule has 0 aliphatic carbocycles. The minimum absolute atomic E-state index is 0.132. The number of aryl methyl sites for hydroxylation is 1. The minimum Gasteiger partial charge on any atom is -0.312 e. The van der Waals surface area contributed by atoms with Crippen LogP contribution in [0.25, 0.3) is 0 Å². The number of thiocarbonyl (C=S) groups is 1. The highest BCUT2D eigenvalue weighted by atomic mass is 79.9. The fourth-order valence-corrected chi connectivity index (χ4v) is 6.53. The quantitative estimate of drug-likeness (QED) is 0.673. The van der Waals surface area contributed by atoms with Gasteiger partial charge in [0.05, 0.1) is 23.6 Å². The van der Waals surface area contributed by atoms with E-state index in [0.717, 1.165) is 21.4 Å². The first-order valence-electron chi connectivity index (χ1n) is 8.01. The summed E-state index contributed by atoms with van der Waals surface area (Å²) in [7, 11) is -3.09. The molecule has 0 spiro atoms. The van der Waals surface area contributed by atoms with E-state index in [0.29, 0.717) is 5.11 Å². The fourth-order valence-electron chi connectivity index (χ4n) is 3.75. The van der Waals surface area contributed by atoms with Crippen LogP contribution >= 0.6 is 28.1 Å². The summed E-state index contributed by atoms with van der Waals surface area (Å²) in [5.74, 6) is 0.267. The summed E-state index contributed by atoms with van der Waals surface area (Å²) in [5.41, 5.74) is 2.99. The normalized spacial score (nSPS) is 24.6. The van der Waals surface area contributed by atoms with Crippen molar-refractivity contribution in [1.82, 2.24) is 0 Å². The number of hydrogen-bond donors (Lipinski definition) is 0. The summed E-state index contributed by atoms with van der Waals surface area (Å²) >= 11 is 9.29. The van der Waals surface area contributed by atoms with Gasteiger partial charge >= 0.3 is 0 Å². The third kappa shape index (κ3) is 2.88. The first-order chi connectivity index (χ1) is 11.9. The summed E-state index contributed by atoms with van der Waals surface area (Å²) in [6, 6.07) is 15.5. The van der Waals surface area contributed by atoms with E-state index in [9.17, 15) is 8.42 Å². The molecule has 2 aromatic rings. The molecule has 0 saturated carbocycles. The number of hydrogen-bond acceptors (Lipinski definition) is 3. The van der Waals surface area contributed by atoms with Crippen LogP contribution in [0.15, 0.2) is 53.0 Å². The van der Waals surface area contributed by atoms with Gasteiger partial charge in [-0.05, 0) is 49.0 Å². The molecule has 7 heteroatoms. The average Bonchev–Trinajstić information content (AvgIpc) is 2.97. The van der Waals surface area contributed by atoms with Crippen molar-refractivity contribution in [3.05, 3.63) is 58.6 Å². The highest BCUT2D eigenvalue weighted by molar-refractivity contribution is 9.10. The van der Waals surface area contributed by atoms with Crippen LogP contribution in [0.5, 0.6) is 0 Å². The van der Waals surface area contributed by atoms with Crippen LogP contribution in [-0.2, 0) is 9.84 Å². The van der Waals surface area contributed by atoms with Gasteiger partial charge in [-0.15, -0.1) is 0 Å². The Bertz CT molecular complexity index is 961. The Morgan fingerprint density at radius 1 is 1.04 bits per heavy atom. The Labute approximate surface area is 161 Å². The maximum Gasteiger partial charge on any atom is 0.181 e. The summed E-state index contributed by atoms with van der Waals surface area (Å²) in [5, 5.41) is 0.664. The number of halogens is 1. The van der Waals surface area contributed by atoms with Gasteiger partial charge in [0, 0.05) is 15.8 Å². The number of anilines is 2. The molecule has 2 aliphatic heterocycles. The van der Waals surface area contributed by atoms with Crippen molar-refractivity contribution in [3.8, 4) is 0 Å². The van der Waals surface area contributed by atoms with Crippen LogP contribution < -0.4 is 9.80 Å². The Morgan fingerprint density at radius 3 is 2.40 bits per heavy atom. The van der Waals surface area contributed by atoms with Crippen molar-refractivity contribution in [2.75, 3.05) is 21.3 Å². The first kappa shape index (κ1) is 17.0. The van der Waals surface area contributed by atoms with Crippen LogP contribution in [0.1, 0.15) is 5.56 Å². The van der Waals surface area contributed by atoms with Gasteiger partial charge in [-0.3, -0.25) is 0 Å². The smallest absolute Gasteiger partial charge is 0.181 e. The van der Waals surface area contributed by atoms with Gasteiger partial charge < -0.3 is 9.80 Å². The predicted molar refractivity (Wildman–Crippen MR) is 109 cm³/mol. The van der Waals surface area contributed by atoms with Gasteiger partial charge in [0.2, 0.25) is 0 Å². The maximum absolute atomic E-state index is 12.4. The lowest BCUT2D eigenvalue weighted by Crippen LogP contribution is -2.38. The highest BCUT2D eigenvalue weighted by Crippen LogP contribution is 2.39. The molecule has 2 aromatic carbocycles. The standard InChI is InChI=1S/C18H17BrN2O2S2/c1-12-5-2-3-8-15(12)21-17-11-25(22,23)10-16(17)20(18(21)24)14-7-4-6-13(19)9-14/h2-9,16-17H,10-11H2,1H3/t16-,17-/m0/s1. The molecule has 25 heavy (non-hydrogen) atoms. The van der Waals surface area contributed by atoms with Gasteiger partial charge in [0.1, 0.15) is 0 Å². The van der Waals surface area contributed by atoms with E-state index in [4.69, 9.17) is 12.2 Å². The number of para-hydroxylation sites is 1. The zero-order valence-electron chi connectivity index (χ0n) is 13.6. The largest absolute Gasteiger partial charge is 0.312 e. The molecule has 0 unspecified atom stereocenters. The third-order valence-electron chi connectivity index (χ3n) is 4.83. The van der Waals surface area contributed by atoms with E-state index in [-0.39, 0.29) is 23.6 Å². The lowest BCUT2D eigenvalue weighted by molar-refractivity contribution is 0.601. The van der Waals surface area contributed by atoms with Crippen LogP contribution in [0.2, 0.25) is 0 Å². The monoisotopic (exact) mass is 436 g/mol. The van der Waals surface area contributed by atoms with Gasteiger partial charge in [-0.1, -0.05) is 40.2 Å². The molecule has 2 saturated heterocycles. The van der Waals surface area contributed by atoms with Crippen molar-refractivity contribution in [1.29, 1.82) is 0 Å². The highest BCUT2D eigenvalue weighted by Gasteiger charge is 2.52. The fraction of sp³-hybridized carbons (Fsp3) is 0.278. The Kier molecular flexibility index (Phi) is 4.13. The molecule has 130 valence electrons. The maximum atomic E-state index is 12.4. The number of sulfone groups is 1. The van der Waals surface area contributed by atoms with Crippen molar-refractivity contribution in [2.45, 2.75) is 19.0 Å². The molecule has 0 bridgehead atoms.